The van der Waals surface area contributed by atoms with Gasteiger partial charge < -0.3 is 10.6 Å². The number of likely N-dealkylation sites (tertiary alicyclic amines) is 1. The van der Waals surface area contributed by atoms with Crippen LogP contribution >= 0.6 is 24.0 Å². The summed E-state index contributed by atoms with van der Waals surface area (Å²) in [6, 6.07) is 0.980. The molecule has 1 saturated heterocycles. The number of hydrogen-bond donors (Lipinski definition) is 2. The van der Waals surface area contributed by atoms with Gasteiger partial charge in [0.15, 0.2) is 5.96 Å². The molecule has 5 nitrogen and oxygen atoms in total. The van der Waals surface area contributed by atoms with Crippen LogP contribution < -0.4 is 10.6 Å². The topological polar surface area (TPSA) is 56.7 Å². The van der Waals surface area contributed by atoms with E-state index in [4.69, 9.17) is 0 Å². The Bertz CT molecular complexity index is 469. The van der Waals surface area contributed by atoms with Gasteiger partial charge in [0.2, 0.25) is 0 Å². The molecule has 160 valence electrons. The third-order valence-corrected chi connectivity index (χ3v) is 7.49. The fourth-order valence-corrected chi connectivity index (χ4v) is 5.71. The molecule has 1 aliphatic heterocycles. The Balaban J connectivity index is 0.00000364. The smallest absolute Gasteiger partial charge is 0.191 e. The second-order valence-electron chi connectivity index (χ2n) is 8.28. The van der Waals surface area contributed by atoms with Crippen molar-refractivity contribution < 1.29 is 4.21 Å². The molecule has 0 spiro atoms. The van der Waals surface area contributed by atoms with Gasteiger partial charge in [-0.15, -0.1) is 24.0 Å². The van der Waals surface area contributed by atoms with E-state index in [9.17, 15) is 4.21 Å². The summed E-state index contributed by atoms with van der Waals surface area (Å²) >= 11 is 0. The second kappa shape index (κ2) is 13.4. The molecule has 0 bridgehead atoms. The molecule has 4 atom stereocenters. The van der Waals surface area contributed by atoms with Crippen LogP contribution in [-0.2, 0) is 10.8 Å². The van der Waals surface area contributed by atoms with E-state index in [2.05, 4.69) is 34.4 Å². The summed E-state index contributed by atoms with van der Waals surface area (Å²) in [5, 5.41) is 7.53. The molecule has 1 aliphatic carbocycles. The van der Waals surface area contributed by atoms with Crippen LogP contribution in [0.3, 0.4) is 0 Å². The van der Waals surface area contributed by atoms with Crippen LogP contribution in [0.4, 0.5) is 0 Å². The minimum absolute atomic E-state index is 0. The largest absolute Gasteiger partial charge is 0.355 e. The number of rotatable bonds is 8. The Labute approximate surface area is 186 Å². The summed E-state index contributed by atoms with van der Waals surface area (Å²) < 4.78 is 12.2. The average molecular weight is 513 g/mol. The van der Waals surface area contributed by atoms with Crippen molar-refractivity contribution in [2.45, 2.75) is 83.1 Å². The lowest BCUT2D eigenvalue weighted by molar-refractivity contribution is 0.212. The zero-order valence-electron chi connectivity index (χ0n) is 17.7. The van der Waals surface area contributed by atoms with Crippen LogP contribution in [0.15, 0.2) is 4.99 Å². The zero-order chi connectivity index (χ0) is 18.9. The van der Waals surface area contributed by atoms with Crippen molar-refractivity contribution in [2.24, 2.45) is 10.9 Å². The molecule has 0 aromatic heterocycles. The molecule has 2 N–H and O–H groups in total. The standard InChI is InChI=1S/C20H40N4OS.HI/c1-5-26(25)19-10-8-9-17(14-19)23-20(21-4)22-15-18(13-16(2)3)24-11-6-7-12-24;/h16-19H,5-15H2,1-4H3,(H2,21,22,23);1H. The molecule has 0 amide bonds. The lowest BCUT2D eigenvalue weighted by Crippen LogP contribution is -2.50. The molecular formula is C20H41IN4OS. The number of halogens is 1. The van der Waals surface area contributed by atoms with E-state index >= 15 is 0 Å². The van der Waals surface area contributed by atoms with Crippen LogP contribution in [0.2, 0.25) is 0 Å². The van der Waals surface area contributed by atoms with E-state index in [0.717, 1.165) is 43.9 Å². The van der Waals surface area contributed by atoms with E-state index in [1.54, 1.807) is 0 Å². The Morgan fingerprint density at radius 1 is 1.22 bits per heavy atom. The first kappa shape index (κ1) is 25.1. The third kappa shape index (κ3) is 8.56. The number of guanidine groups is 1. The highest BCUT2D eigenvalue weighted by molar-refractivity contribution is 14.0. The zero-order valence-corrected chi connectivity index (χ0v) is 20.9. The molecular weight excluding hydrogens is 471 g/mol. The predicted octanol–water partition coefficient (Wildman–Crippen LogP) is 3.36. The highest BCUT2D eigenvalue weighted by Crippen LogP contribution is 2.23. The van der Waals surface area contributed by atoms with E-state index in [1.165, 1.54) is 32.4 Å². The van der Waals surface area contributed by atoms with Crippen molar-refractivity contribution in [1.82, 2.24) is 15.5 Å². The molecule has 2 aliphatic rings. The summed E-state index contributed by atoms with van der Waals surface area (Å²) in [6.45, 7) is 10.1. The Hall–Kier alpha value is 0.110. The maximum Gasteiger partial charge on any atom is 0.191 e. The Morgan fingerprint density at radius 3 is 2.52 bits per heavy atom. The van der Waals surface area contributed by atoms with Gasteiger partial charge in [0.1, 0.15) is 0 Å². The van der Waals surface area contributed by atoms with Crippen LogP contribution in [-0.4, -0.2) is 64.8 Å². The molecule has 0 aromatic rings. The van der Waals surface area contributed by atoms with E-state index in [-0.39, 0.29) is 24.0 Å². The van der Waals surface area contributed by atoms with Crippen molar-refractivity contribution >= 4 is 40.7 Å². The maximum atomic E-state index is 12.2. The lowest BCUT2D eigenvalue weighted by Gasteiger charge is -2.32. The summed E-state index contributed by atoms with van der Waals surface area (Å²) in [7, 11) is 1.18. The van der Waals surface area contributed by atoms with E-state index < -0.39 is 10.8 Å². The lowest BCUT2D eigenvalue weighted by atomic mass is 9.95. The van der Waals surface area contributed by atoms with Crippen LogP contribution in [0.5, 0.6) is 0 Å². The summed E-state index contributed by atoms with van der Waals surface area (Å²) in [5.74, 6) is 2.39. The number of nitrogens with one attached hydrogen (secondary N) is 2. The van der Waals surface area contributed by atoms with Crippen LogP contribution in [0.1, 0.15) is 65.7 Å². The molecule has 0 aromatic carbocycles. The van der Waals surface area contributed by atoms with Crippen molar-refractivity contribution in [2.75, 3.05) is 32.4 Å². The predicted molar refractivity (Wildman–Crippen MR) is 129 cm³/mol. The third-order valence-electron chi connectivity index (χ3n) is 5.75. The average Bonchev–Trinajstić information content (AvgIpc) is 3.17. The van der Waals surface area contributed by atoms with Gasteiger partial charge in [-0.3, -0.25) is 14.1 Å². The second-order valence-corrected chi connectivity index (χ2v) is 10.3. The molecule has 27 heavy (non-hydrogen) atoms. The van der Waals surface area contributed by atoms with Crippen molar-refractivity contribution in [3.05, 3.63) is 0 Å². The highest BCUT2D eigenvalue weighted by Gasteiger charge is 2.27. The first-order chi connectivity index (χ1) is 12.5. The summed E-state index contributed by atoms with van der Waals surface area (Å²) in [6.07, 6.45) is 8.32. The monoisotopic (exact) mass is 512 g/mol. The fraction of sp³-hybridized carbons (Fsp3) is 0.950. The van der Waals surface area contributed by atoms with Crippen molar-refractivity contribution in [3.63, 3.8) is 0 Å². The van der Waals surface area contributed by atoms with Gasteiger partial charge in [-0.2, -0.15) is 0 Å². The summed E-state index contributed by atoms with van der Waals surface area (Å²) in [4.78, 5) is 7.09. The van der Waals surface area contributed by atoms with Gasteiger partial charge >= 0.3 is 0 Å². The quantitative estimate of drug-likeness (QED) is 0.298. The first-order valence-corrected chi connectivity index (χ1v) is 12.0. The Morgan fingerprint density at radius 2 is 1.93 bits per heavy atom. The van der Waals surface area contributed by atoms with Gasteiger partial charge in [0.25, 0.3) is 0 Å². The first-order valence-electron chi connectivity index (χ1n) is 10.6. The molecule has 2 fully saturated rings. The van der Waals surface area contributed by atoms with Gasteiger partial charge in [0, 0.05) is 47.5 Å². The van der Waals surface area contributed by atoms with Crippen LogP contribution in [0, 0.1) is 5.92 Å². The minimum Gasteiger partial charge on any atom is -0.355 e. The van der Waals surface area contributed by atoms with E-state index in [1.807, 2.05) is 14.0 Å². The number of nitrogens with zero attached hydrogens (tertiary/aromatic N) is 2. The fourth-order valence-electron chi connectivity index (χ4n) is 4.37. The minimum atomic E-state index is -0.677. The highest BCUT2D eigenvalue weighted by atomic mass is 127. The maximum absolute atomic E-state index is 12.2. The number of aliphatic imine (C=N–C) groups is 1. The molecule has 4 unspecified atom stereocenters. The Kier molecular flexibility index (Phi) is 12.4. The van der Waals surface area contributed by atoms with Crippen molar-refractivity contribution in [1.29, 1.82) is 0 Å². The molecule has 0 radical (unpaired) electrons. The number of hydrogen-bond acceptors (Lipinski definition) is 3. The molecule has 1 saturated carbocycles. The van der Waals surface area contributed by atoms with Crippen LogP contribution in [0.25, 0.3) is 0 Å². The van der Waals surface area contributed by atoms with Crippen molar-refractivity contribution in [3.8, 4) is 0 Å². The SMILES string of the molecule is CCS(=O)C1CCCC(NC(=NC)NCC(CC(C)C)N2CCCC2)C1.I. The van der Waals surface area contributed by atoms with E-state index in [0.29, 0.717) is 23.3 Å². The van der Waals surface area contributed by atoms with Gasteiger partial charge in [-0.1, -0.05) is 27.2 Å². The molecule has 1 heterocycles. The summed E-state index contributed by atoms with van der Waals surface area (Å²) in [5.41, 5.74) is 0. The normalized spacial score (nSPS) is 26.5. The molecule has 7 heteroatoms. The van der Waals surface area contributed by atoms with Gasteiger partial charge in [-0.25, -0.2) is 0 Å². The van der Waals surface area contributed by atoms with Gasteiger partial charge in [0.05, 0.1) is 0 Å². The molecule has 2 rings (SSSR count). The van der Waals surface area contributed by atoms with Gasteiger partial charge in [-0.05, 0) is 57.5 Å².